The highest BCUT2D eigenvalue weighted by Gasteiger charge is 2.15. The molecule has 0 spiro atoms. The molecular formula is C17H15N3O5. The van der Waals surface area contributed by atoms with E-state index in [9.17, 15) is 10.1 Å². The molecule has 8 heteroatoms. The van der Waals surface area contributed by atoms with Gasteiger partial charge < -0.3 is 9.72 Å². The van der Waals surface area contributed by atoms with E-state index in [4.69, 9.17) is 9.99 Å². The van der Waals surface area contributed by atoms with Crippen molar-refractivity contribution in [2.75, 3.05) is 7.11 Å². The monoisotopic (exact) mass is 341 g/mol. The third kappa shape index (κ3) is 3.49. The second kappa shape index (κ2) is 7.12. The Bertz CT molecular complexity index is 872. The third-order valence-corrected chi connectivity index (χ3v) is 3.70. The molecule has 3 rings (SSSR count). The van der Waals surface area contributed by atoms with Gasteiger partial charge in [-0.1, -0.05) is 0 Å². The summed E-state index contributed by atoms with van der Waals surface area (Å²) in [5, 5.41) is 19.6. The summed E-state index contributed by atoms with van der Waals surface area (Å²) in [7, 11) is 1.58. The fourth-order valence-corrected chi connectivity index (χ4v) is 2.44. The van der Waals surface area contributed by atoms with Crippen LogP contribution in [0.25, 0.3) is 22.6 Å². The van der Waals surface area contributed by atoms with Gasteiger partial charge in [-0.05, 0) is 36.4 Å². The molecule has 2 aromatic carbocycles. The van der Waals surface area contributed by atoms with Gasteiger partial charge in [0.25, 0.3) is 5.69 Å². The number of nitro benzene ring substituents is 1. The zero-order valence-corrected chi connectivity index (χ0v) is 13.3. The first-order valence-corrected chi connectivity index (χ1v) is 7.37. The first-order chi connectivity index (χ1) is 12.1. The SMILES string of the molecule is COc1ccc(-c2nc(-c3ccc([N+](=O)[O-])cc3)[nH]c2COO)cc1. The number of hydrogen-bond donors (Lipinski definition) is 2. The smallest absolute Gasteiger partial charge is 0.269 e. The minimum atomic E-state index is -0.459. The van der Waals surface area contributed by atoms with E-state index in [2.05, 4.69) is 14.9 Å². The van der Waals surface area contributed by atoms with Gasteiger partial charge in [-0.15, -0.1) is 0 Å². The summed E-state index contributed by atoms with van der Waals surface area (Å²) < 4.78 is 5.14. The summed E-state index contributed by atoms with van der Waals surface area (Å²) in [6.45, 7) is -0.0681. The molecule has 0 atom stereocenters. The van der Waals surface area contributed by atoms with Crippen LogP contribution >= 0.6 is 0 Å². The molecular weight excluding hydrogens is 326 g/mol. The van der Waals surface area contributed by atoms with Crippen molar-refractivity contribution < 1.29 is 19.8 Å². The average molecular weight is 341 g/mol. The van der Waals surface area contributed by atoms with Gasteiger partial charge in [-0.3, -0.25) is 15.4 Å². The van der Waals surface area contributed by atoms with Crippen LogP contribution in [-0.2, 0) is 11.5 Å². The third-order valence-electron chi connectivity index (χ3n) is 3.70. The summed E-state index contributed by atoms with van der Waals surface area (Å²) in [6, 6.07) is 13.3. The maximum absolute atomic E-state index is 10.8. The number of benzene rings is 2. The van der Waals surface area contributed by atoms with Crippen molar-refractivity contribution in [2.24, 2.45) is 0 Å². The molecule has 2 N–H and O–H groups in total. The highest BCUT2D eigenvalue weighted by atomic mass is 17.1. The van der Waals surface area contributed by atoms with Gasteiger partial charge in [0, 0.05) is 23.3 Å². The summed E-state index contributed by atoms with van der Waals surface area (Å²) in [4.78, 5) is 22.2. The number of hydrogen-bond acceptors (Lipinski definition) is 6. The Morgan fingerprint density at radius 1 is 1.12 bits per heavy atom. The fraction of sp³-hybridized carbons (Fsp3) is 0.118. The number of nitrogens with one attached hydrogen (secondary N) is 1. The molecule has 3 aromatic rings. The van der Waals surface area contributed by atoms with Gasteiger partial charge in [-0.25, -0.2) is 9.87 Å². The number of nitro groups is 1. The van der Waals surface area contributed by atoms with E-state index in [1.165, 1.54) is 12.1 Å². The molecule has 0 aliphatic heterocycles. The van der Waals surface area contributed by atoms with E-state index in [0.717, 1.165) is 11.3 Å². The number of H-pyrrole nitrogens is 1. The van der Waals surface area contributed by atoms with Crippen molar-refractivity contribution in [3.63, 3.8) is 0 Å². The van der Waals surface area contributed by atoms with Crippen LogP contribution in [0.4, 0.5) is 5.69 Å². The number of aromatic nitrogens is 2. The molecule has 0 bridgehead atoms. The van der Waals surface area contributed by atoms with Gasteiger partial charge in [0.1, 0.15) is 18.2 Å². The van der Waals surface area contributed by atoms with Crippen LogP contribution in [0.5, 0.6) is 5.75 Å². The molecule has 1 aromatic heterocycles. The lowest BCUT2D eigenvalue weighted by molar-refractivity contribution is -0.384. The Balaban J connectivity index is 1.99. The van der Waals surface area contributed by atoms with E-state index in [1.807, 2.05) is 12.1 Å². The van der Waals surface area contributed by atoms with Gasteiger partial charge in [0.05, 0.1) is 23.4 Å². The van der Waals surface area contributed by atoms with Crippen molar-refractivity contribution in [3.8, 4) is 28.4 Å². The van der Waals surface area contributed by atoms with E-state index in [-0.39, 0.29) is 12.3 Å². The summed E-state index contributed by atoms with van der Waals surface area (Å²) in [6.07, 6.45) is 0. The molecule has 8 nitrogen and oxygen atoms in total. The number of aromatic amines is 1. The number of imidazole rings is 1. The Labute approximate surface area is 142 Å². The second-order valence-electron chi connectivity index (χ2n) is 5.22. The summed E-state index contributed by atoms with van der Waals surface area (Å²) >= 11 is 0. The van der Waals surface area contributed by atoms with Crippen LogP contribution in [0.1, 0.15) is 5.69 Å². The molecule has 128 valence electrons. The first kappa shape index (κ1) is 16.6. The maximum Gasteiger partial charge on any atom is 0.269 e. The van der Waals surface area contributed by atoms with Crippen molar-refractivity contribution in [3.05, 3.63) is 64.3 Å². The Hall–Kier alpha value is -3.23. The predicted molar refractivity (Wildman–Crippen MR) is 90.1 cm³/mol. The molecule has 0 aliphatic rings. The number of nitrogens with zero attached hydrogens (tertiary/aromatic N) is 2. The Morgan fingerprint density at radius 3 is 2.32 bits per heavy atom. The standard InChI is InChI=1S/C17H15N3O5/c1-24-14-8-4-11(5-9-14)16-15(10-25-23)18-17(19-16)12-2-6-13(7-3-12)20(21)22/h2-9,23H,10H2,1H3,(H,18,19). The van der Waals surface area contributed by atoms with Crippen molar-refractivity contribution in [1.29, 1.82) is 0 Å². The van der Waals surface area contributed by atoms with Crippen LogP contribution in [0.3, 0.4) is 0 Å². The molecule has 0 saturated heterocycles. The zero-order chi connectivity index (χ0) is 17.8. The highest BCUT2D eigenvalue weighted by Crippen LogP contribution is 2.28. The van der Waals surface area contributed by atoms with E-state index in [0.29, 0.717) is 22.8 Å². The van der Waals surface area contributed by atoms with Crippen LogP contribution in [-0.4, -0.2) is 27.3 Å². The highest BCUT2D eigenvalue weighted by molar-refractivity contribution is 5.68. The maximum atomic E-state index is 10.8. The molecule has 0 unspecified atom stereocenters. The van der Waals surface area contributed by atoms with E-state index in [1.54, 1.807) is 31.4 Å². The minimum Gasteiger partial charge on any atom is -0.497 e. The van der Waals surface area contributed by atoms with Gasteiger partial charge in [0.15, 0.2) is 0 Å². The molecule has 0 saturated carbocycles. The van der Waals surface area contributed by atoms with E-state index >= 15 is 0 Å². The van der Waals surface area contributed by atoms with Crippen molar-refractivity contribution >= 4 is 5.69 Å². The second-order valence-corrected chi connectivity index (χ2v) is 5.22. The number of methoxy groups -OCH3 is 1. The lowest BCUT2D eigenvalue weighted by atomic mass is 10.1. The molecule has 0 amide bonds. The lowest BCUT2D eigenvalue weighted by Crippen LogP contribution is -1.92. The number of non-ortho nitro benzene ring substituents is 1. The average Bonchev–Trinajstić information content (AvgIpc) is 3.06. The fourth-order valence-electron chi connectivity index (χ4n) is 2.44. The summed E-state index contributed by atoms with van der Waals surface area (Å²) in [5.41, 5.74) is 2.71. The van der Waals surface area contributed by atoms with Crippen LogP contribution in [0.15, 0.2) is 48.5 Å². The van der Waals surface area contributed by atoms with Crippen LogP contribution < -0.4 is 4.74 Å². The lowest BCUT2D eigenvalue weighted by Gasteiger charge is -2.03. The van der Waals surface area contributed by atoms with Gasteiger partial charge in [-0.2, -0.15) is 0 Å². The number of rotatable bonds is 6. The predicted octanol–water partition coefficient (Wildman–Crippen LogP) is 3.65. The Kier molecular flexibility index (Phi) is 4.73. The Morgan fingerprint density at radius 2 is 1.76 bits per heavy atom. The van der Waals surface area contributed by atoms with E-state index < -0.39 is 4.92 Å². The largest absolute Gasteiger partial charge is 0.497 e. The first-order valence-electron chi connectivity index (χ1n) is 7.37. The van der Waals surface area contributed by atoms with Crippen molar-refractivity contribution in [1.82, 2.24) is 9.97 Å². The molecule has 0 radical (unpaired) electrons. The van der Waals surface area contributed by atoms with Gasteiger partial charge >= 0.3 is 0 Å². The molecule has 0 fully saturated rings. The molecule has 0 aliphatic carbocycles. The minimum absolute atomic E-state index is 0.00426. The topological polar surface area (TPSA) is 111 Å². The molecule has 25 heavy (non-hydrogen) atoms. The summed E-state index contributed by atoms with van der Waals surface area (Å²) in [5.74, 6) is 1.24. The number of ether oxygens (including phenoxy) is 1. The molecule has 1 heterocycles. The zero-order valence-electron chi connectivity index (χ0n) is 13.3. The van der Waals surface area contributed by atoms with Gasteiger partial charge in [0.2, 0.25) is 0 Å². The van der Waals surface area contributed by atoms with Crippen molar-refractivity contribution in [2.45, 2.75) is 6.61 Å². The quantitative estimate of drug-likeness (QED) is 0.402. The van der Waals surface area contributed by atoms with Crippen LogP contribution in [0.2, 0.25) is 0 Å². The normalized spacial score (nSPS) is 10.6. The van der Waals surface area contributed by atoms with Crippen LogP contribution in [0, 0.1) is 10.1 Å².